The minimum absolute atomic E-state index is 0.229. The van der Waals surface area contributed by atoms with E-state index >= 15 is 0 Å². The van der Waals surface area contributed by atoms with Crippen LogP contribution in [0.5, 0.6) is 0 Å². The average Bonchev–Trinajstić information content (AvgIpc) is 2.57. The number of nitrogens with zero attached hydrogens (tertiary/aromatic N) is 1. The summed E-state index contributed by atoms with van der Waals surface area (Å²) in [5, 5.41) is 10.2. The Hall–Kier alpha value is -0.770. The van der Waals surface area contributed by atoms with E-state index in [4.69, 9.17) is 17.3 Å². The molecule has 1 aliphatic rings. The number of likely N-dealkylation sites (tertiary alicyclic amines) is 1. The van der Waals surface area contributed by atoms with Crippen molar-refractivity contribution >= 4 is 17.3 Å². The number of nitrogens with two attached hydrogens (primary N) is 1. The SMILES string of the molecule is Nc1ccc(CN2CCCCCC2CO)c(Cl)c1. The Bertz CT molecular complexity index is 397. The van der Waals surface area contributed by atoms with Crippen LogP contribution >= 0.6 is 11.6 Å². The molecule has 0 saturated carbocycles. The quantitative estimate of drug-likeness (QED) is 0.829. The van der Waals surface area contributed by atoms with Gasteiger partial charge in [-0.05, 0) is 37.1 Å². The fraction of sp³-hybridized carbons (Fsp3) is 0.571. The molecule has 1 aromatic rings. The molecule has 1 fully saturated rings. The zero-order chi connectivity index (χ0) is 13.0. The van der Waals surface area contributed by atoms with Gasteiger partial charge in [0.15, 0.2) is 0 Å². The number of nitrogen functional groups attached to an aromatic ring is 1. The first-order valence-electron chi connectivity index (χ1n) is 6.59. The maximum absolute atomic E-state index is 9.48. The Labute approximate surface area is 114 Å². The number of hydrogen-bond acceptors (Lipinski definition) is 3. The van der Waals surface area contributed by atoms with Crippen molar-refractivity contribution in [2.45, 2.75) is 38.3 Å². The molecule has 1 aliphatic heterocycles. The van der Waals surface area contributed by atoms with Crippen molar-refractivity contribution in [2.24, 2.45) is 0 Å². The summed E-state index contributed by atoms with van der Waals surface area (Å²) in [6, 6.07) is 5.92. The number of hydrogen-bond donors (Lipinski definition) is 2. The molecule has 3 N–H and O–H groups in total. The summed E-state index contributed by atoms with van der Waals surface area (Å²) in [5.41, 5.74) is 7.48. The van der Waals surface area contributed by atoms with Crippen molar-refractivity contribution in [1.82, 2.24) is 4.90 Å². The van der Waals surface area contributed by atoms with Gasteiger partial charge in [-0.25, -0.2) is 0 Å². The van der Waals surface area contributed by atoms with E-state index in [1.54, 1.807) is 6.07 Å². The lowest BCUT2D eigenvalue weighted by molar-refractivity contribution is 0.118. The molecule has 0 amide bonds. The molecule has 0 bridgehead atoms. The third-order valence-electron chi connectivity index (χ3n) is 3.66. The molecule has 1 atom stereocenters. The monoisotopic (exact) mass is 268 g/mol. The summed E-state index contributed by atoms with van der Waals surface area (Å²) in [6.45, 7) is 2.06. The van der Waals surface area contributed by atoms with Gasteiger partial charge in [0.2, 0.25) is 0 Å². The Kier molecular flexibility index (Phi) is 4.87. The van der Waals surface area contributed by atoms with Crippen molar-refractivity contribution in [3.63, 3.8) is 0 Å². The van der Waals surface area contributed by atoms with Crippen molar-refractivity contribution in [2.75, 3.05) is 18.9 Å². The number of halogens is 1. The third kappa shape index (κ3) is 3.37. The lowest BCUT2D eigenvalue weighted by Crippen LogP contribution is -2.36. The minimum Gasteiger partial charge on any atom is -0.399 e. The summed E-state index contributed by atoms with van der Waals surface area (Å²) in [6.07, 6.45) is 4.73. The van der Waals surface area contributed by atoms with Gasteiger partial charge >= 0.3 is 0 Å². The molecule has 0 spiro atoms. The zero-order valence-corrected chi connectivity index (χ0v) is 11.4. The van der Waals surface area contributed by atoms with Crippen LogP contribution in [0.25, 0.3) is 0 Å². The van der Waals surface area contributed by atoms with Crippen LogP contribution in [0.1, 0.15) is 31.2 Å². The van der Waals surface area contributed by atoms with E-state index in [1.165, 1.54) is 19.3 Å². The van der Waals surface area contributed by atoms with Crippen LogP contribution in [-0.4, -0.2) is 29.2 Å². The molecule has 1 aromatic carbocycles. The van der Waals surface area contributed by atoms with Gasteiger partial charge in [-0.15, -0.1) is 0 Å². The molecule has 0 radical (unpaired) electrons. The van der Waals surface area contributed by atoms with Crippen LogP contribution in [0.2, 0.25) is 5.02 Å². The Balaban J connectivity index is 2.10. The number of benzene rings is 1. The van der Waals surface area contributed by atoms with Gasteiger partial charge in [-0.2, -0.15) is 0 Å². The molecular formula is C14H21ClN2O. The second-order valence-electron chi connectivity index (χ2n) is 5.01. The zero-order valence-electron chi connectivity index (χ0n) is 10.6. The summed E-state index contributed by atoms with van der Waals surface area (Å²) in [4.78, 5) is 2.34. The van der Waals surface area contributed by atoms with Gasteiger partial charge < -0.3 is 10.8 Å². The molecular weight excluding hydrogens is 248 g/mol. The Morgan fingerprint density at radius 1 is 1.33 bits per heavy atom. The molecule has 1 unspecified atom stereocenters. The van der Waals surface area contributed by atoms with Crippen LogP contribution in [0.3, 0.4) is 0 Å². The standard InChI is InChI=1S/C14H21ClN2O/c15-14-8-12(16)6-5-11(14)9-17-7-3-1-2-4-13(17)10-18/h5-6,8,13,18H,1-4,7,9-10,16H2. The number of aliphatic hydroxyl groups excluding tert-OH is 1. The van der Waals surface area contributed by atoms with Crippen molar-refractivity contribution in [3.05, 3.63) is 28.8 Å². The van der Waals surface area contributed by atoms with E-state index < -0.39 is 0 Å². The lowest BCUT2D eigenvalue weighted by atomic mass is 10.1. The van der Waals surface area contributed by atoms with Crippen LogP contribution in [0, 0.1) is 0 Å². The predicted molar refractivity (Wildman–Crippen MR) is 75.6 cm³/mol. The van der Waals surface area contributed by atoms with E-state index in [-0.39, 0.29) is 12.6 Å². The molecule has 3 nitrogen and oxygen atoms in total. The molecule has 0 aromatic heterocycles. The molecule has 100 valence electrons. The second kappa shape index (κ2) is 6.41. The highest BCUT2D eigenvalue weighted by molar-refractivity contribution is 6.31. The first kappa shape index (κ1) is 13.7. The molecule has 1 heterocycles. The smallest absolute Gasteiger partial charge is 0.0586 e. The van der Waals surface area contributed by atoms with Crippen molar-refractivity contribution in [1.29, 1.82) is 0 Å². The molecule has 2 rings (SSSR count). The average molecular weight is 269 g/mol. The molecule has 18 heavy (non-hydrogen) atoms. The van der Waals surface area contributed by atoms with Gasteiger partial charge in [0.05, 0.1) is 6.61 Å². The normalized spacial score (nSPS) is 21.8. The second-order valence-corrected chi connectivity index (χ2v) is 5.41. The van der Waals surface area contributed by atoms with Crippen molar-refractivity contribution in [3.8, 4) is 0 Å². The van der Waals surface area contributed by atoms with Gasteiger partial charge in [-0.3, -0.25) is 4.90 Å². The first-order chi connectivity index (χ1) is 8.70. The van der Waals surface area contributed by atoms with E-state index in [1.807, 2.05) is 12.1 Å². The fourth-order valence-corrected chi connectivity index (χ4v) is 2.81. The van der Waals surface area contributed by atoms with Crippen LogP contribution in [0.15, 0.2) is 18.2 Å². The first-order valence-corrected chi connectivity index (χ1v) is 6.97. The van der Waals surface area contributed by atoms with Crippen LogP contribution in [-0.2, 0) is 6.54 Å². The Morgan fingerprint density at radius 2 is 2.17 bits per heavy atom. The topological polar surface area (TPSA) is 49.5 Å². The van der Waals surface area contributed by atoms with Gasteiger partial charge in [0, 0.05) is 23.3 Å². The summed E-state index contributed by atoms with van der Waals surface area (Å²) in [5.74, 6) is 0. The highest BCUT2D eigenvalue weighted by atomic mass is 35.5. The number of aliphatic hydroxyl groups is 1. The Morgan fingerprint density at radius 3 is 2.89 bits per heavy atom. The largest absolute Gasteiger partial charge is 0.399 e. The minimum atomic E-state index is 0.229. The van der Waals surface area contributed by atoms with E-state index in [2.05, 4.69) is 4.90 Å². The van der Waals surface area contributed by atoms with Gasteiger partial charge in [-0.1, -0.05) is 30.5 Å². The summed E-state index contributed by atoms with van der Waals surface area (Å²) < 4.78 is 0. The number of rotatable bonds is 3. The van der Waals surface area contributed by atoms with Crippen LogP contribution < -0.4 is 5.73 Å². The maximum Gasteiger partial charge on any atom is 0.0586 e. The third-order valence-corrected chi connectivity index (χ3v) is 4.01. The molecule has 1 saturated heterocycles. The van der Waals surface area contributed by atoms with Gasteiger partial charge in [0.25, 0.3) is 0 Å². The summed E-state index contributed by atoms with van der Waals surface area (Å²) in [7, 11) is 0. The number of anilines is 1. The highest BCUT2D eigenvalue weighted by Crippen LogP contribution is 2.24. The van der Waals surface area contributed by atoms with Crippen molar-refractivity contribution < 1.29 is 5.11 Å². The van der Waals surface area contributed by atoms with Gasteiger partial charge in [0.1, 0.15) is 0 Å². The molecule has 4 heteroatoms. The van der Waals surface area contributed by atoms with E-state index in [0.717, 1.165) is 30.1 Å². The van der Waals surface area contributed by atoms with E-state index in [9.17, 15) is 5.11 Å². The summed E-state index contributed by atoms with van der Waals surface area (Å²) >= 11 is 6.21. The fourth-order valence-electron chi connectivity index (χ4n) is 2.56. The maximum atomic E-state index is 9.48. The van der Waals surface area contributed by atoms with E-state index in [0.29, 0.717) is 5.69 Å². The lowest BCUT2D eigenvalue weighted by Gasteiger charge is -2.28. The predicted octanol–water partition coefficient (Wildman–Crippen LogP) is 2.66. The highest BCUT2D eigenvalue weighted by Gasteiger charge is 2.20. The van der Waals surface area contributed by atoms with Crippen LogP contribution in [0.4, 0.5) is 5.69 Å². The molecule has 0 aliphatic carbocycles.